The summed E-state index contributed by atoms with van der Waals surface area (Å²) in [5, 5.41) is 3.36. The molecule has 0 fully saturated rings. The Bertz CT molecular complexity index is 1090. The number of rotatable bonds is 7. The second-order valence-corrected chi connectivity index (χ2v) is 8.89. The number of carbonyl (C=O) groups excluding carboxylic acids is 2. The van der Waals surface area contributed by atoms with Crippen LogP contribution in [0.1, 0.15) is 37.7 Å². The number of allylic oxidation sites excluding steroid dienone is 1. The molecule has 0 radical (unpaired) electrons. The zero-order chi connectivity index (χ0) is 23.0. The van der Waals surface area contributed by atoms with Gasteiger partial charge in [0.1, 0.15) is 11.5 Å². The summed E-state index contributed by atoms with van der Waals surface area (Å²) < 4.78 is 13.4. The van der Waals surface area contributed by atoms with E-state index in [1.54, 1.807) is 6.08 Å². The number of nitrogens with one attached hydrogen (secondary N) is 1. The van der Waals surface area contributed by atoms with Crippen LogP contribution in [0.3, 0.4) is 0 Å². The minimum atomic E-state index is -0.385. The number of halogens is 1. The van der Waals surface area contributed by atoms with E-state index < -0.39 is 0 Å². The third kappa shape index (κ3) is 6.20. The molecule has 7 heteroatoms. The standard InChI is InChI=1S/C26H26FN3O2S/c27-21-11-13-22(14-12-21)30-25(32)23(17-20-9-5-2-6-10-20)29-26(30)33-18-24(31)28-16-15-19-7-3-1-4-8-19/h2,5-7,9-14,17H,1,3-4,8,15-16,18H2,(H,28,31)/b23-17+. The summed E-state index contributed by atoms with van der Waals surface area (Å²) in [6.07, 6.45) is 9.59. The molecule has 1 N–H and O–H groups in total. The van der Waals surface area contributed by atoms with E-state index in [2.05, 4.69) is 16.4 Å². The van der Waals surface area contributed by atoms with Crippen LogP contribution in [0.25, 0.3) is 6.08 Å². The van der Waals surface area contributed by atoms with Gasteiger partial charge in [-0.05, 0) is 68.0 Å². The second kappa shape index (κ2) is 11.1. The molecule has 0 spiro atoms. The van der Waals surface area contributed by atoms with Crippen molar-refractivity contribution < 1.29 is 14.0 Å². The van der Waals surface area contributed by atoms with E-state index in [1.165, 1.54) is 59.3 Å². The number of carbonyl (C=O) groups is 2. The first-order chi connectivity index (χ1) is 16.1. The van der Waals surface area contributed by atoms with Gasteiger partial charge in [0.15, 0.2) is 5.17 Å². The molecule has 0 bridgehead atoms. The Morgan fingerprint density at radius 1 is 1.12 bits per heavy atom. The van der Waals surface area contributed by atoms with Gasteiger partial charge in [0, 0.05) is 6.54 Å². The molecule has 0 aromatic heterocycles. The number of amides is 2. The molecule has 0 atom stereocenters. The molecular weight excluding hydrogens is 437 g/mol. The van der Waals surface area contributed by atoms with Gasteiger partial charge in [-0.2, -0.15) is 0 Å². The molecule has 0 unspecified atom stereocenters. The molecule has 2 aromatic carbocycles. The van der Waals surface area contributed by atoms with Gasteiger partial charge in [-0.3, -0.25) is 14.5 Å². The largest absolute Gasteiger partial charge is 0.355 e. The summed E-state index contributed by atoms with van der Waals surface area (Å²) in [6.45, 7) is 0.609. The zero-order valence-electron chi connectivity index (χ0n) is 18.3. The first kappa shape index (κ1) is 23.0. The topological polar surface area (TPSA) is 61.8 Å². The molecule has 1 aliphatic heterocycles. The predicted octanol–water partition coefficient (Wildman–Crippen LogP) is 5.31. The quantitative estimate of drug-likeness (QED) is 0.447. The fraction of sp³-hybridized carbons (Fsp3) is 0.269. The number of benzene rings is 2. The summed E-state index contributed by atoms with van der Waals surface area (Å²) in [7, 11) is 0. The average Bonchev–Trinajstić information content (AvgIpc) is 3.14. The number of hydrogen-bond donors (Lipinski definition) is 1. The highest BCUT2D eigenvalue weighted by Gasteiger charge is 2.32. The lowest BCUT2D eigenvalue weighted by atomic mass is 9.97. The van der Waals surface area contributed by atoms with E-state index >= 15 is 0 Å². The van der Waals surface area contributed by atoms with E-state index in [0.29, 0.717) is 17.4 Å². The number of thioether (sulfide) groups is 1. The highest BCUT2D eigenvalue weighted by atomic mass is 32.2. The van der Waals surface area contributed by atoms with E-state index in [0.717, 1.165) is 24.8 Å². The molecule has 170 valence electrons. The van der Waals surface area contributed by atoms with Crippen LogP contribution in [-0.4, -0.2) is 29.3 Å². The minimum Gasteiger partial charge on any atom is -0.355 e. The first-order valence-corrected chi connectivity index (χ1v) is 12.1. The van der Waals surface area contributed by atoms with Crippen molar-refractivity contribution in [2.24, 2.45) is 4.99 Å². The molecular formula is C26H26FN3O2S. The summed E-state index contributed by atoms with van der Waals surface area (Å²) in [5.74, 6) is -0.658. The maximum atomic E-state index is 13.4. The lowest BCUT2D eigenvalue weighted by Gasteiger charge is -2.17. The van der Waals surface area contributed by atoms with Crippen LogP contribution in [-0.2, 0) is 9.59 Å². The average molecular weight is 464 g/mol. The fourth-order valence-corrected chi connectivity index (χ4v) is 4.64. The summed E-state index contributed by atoms with van der Waals surface area (Å²) >= 11 is 1.20. The maximum Gasteiger partial charge on any atom is 0.283 e. The van der Waals surface area contributed by atoms with Gasteiger partial charge in [0.2, 0.25) is 5.91 Å². The first-order valence-electron chi connectivity index (χ1n) is 11.1. The van der Waals surface area contributed by atoms with Crippen molar-refractivity contribution in [1.82, 2.24) is 5.32 Å². The Kier molecular flexibility index (Phi) is 7.73. The van der Waals surface area contributed by atoms with Crippen molar-refractivity contribution in [3.05, 3.63) is 83.3 Å². The van der Waals surface area contributed by atoms with E-state index in [4.69, 9.17) is 0 Å². The van der Waals surface area contributed by atoms with Crippen molar-refractivity contribution in [2.45, 2.75) is 32.1 Å². The number of aliphatic imine (C=N–C) groups is 1. The fourth-order valence-electron chi connectivity index (χ4n) is 3.79. The van der Waals surface area contributed by atoms with Crippen LogP contribution < -0.4 is 10.2 Å². The monoisotopic (exact) mass is 463 g/mol. The third-order valence-electron chi connectivity index (χ3n) is 5.50. The molecule has 5 nitrogen and oxygen atoms in total. The molecule has 2 aromatic rings. The van der Waals surface area contributed by atoms with Crippen LogP contribution in [0.2, 0.25) is 0 Å². The molecule has 1 heterocycles. The normalized spacial score (nSPS) is 17.2. The molecule has 2 amide bonds. The van der Waals surface area contributed by atoms with Gasteiger partial charge in [-0.1, -0.05) is 53.7 Å². The SMILES string of the molecule is O=C(CSC1=N/C(=C/c2ccccc2)C(=O)N1c1ccc(F)cc1)NCCC1=CCCCC1. The van der Waals surface area contributed by atoms with E-state index in [1.807, 2.05) is 30.3 Å². The second-order valence-electron chi connectivity index (χ2n) is 7.95. The van der Waals surface area contributed by atoms with Crippen LogP contribution in [0.4, 0.5) is 10.1 Å². The number of amidine groups is 1. The Hall–Kier alpha value is -3.19. The van der Waals surface area contributed by atoms with Gasteiger partial charge >= 0.3 is 0 Å². The van der Waals surface area contributed by atoms with Gasteiger partial charge in [-0.15, -0.1) is 0 Å². The van der Waals surface area contributed by atoms with Gasteiger partial charge in [-0.25, -0.2) is 9.38 Å². The summed E-state index contributed by atoms with van der Waals surface area (Å²) in [5.41, 5.74) is 3.05. The zero-order valence-corrected chi connectivity index (χ0v) is 19.1. The lowest BCUT2D eigenvalue weighted by molar-refractivity contribution is -0.118. The van der Waals surface area contributed by atoms with Gasteiger partial charge in [0.25, 0.3) is 5.91 Å². The Labute approximate surface area is 197 Å². The van der Waals surface area contributed by atoms with Crippen LogP contribution in [0, 0.1) is 5.82 Å². The van der Waals surface area contributed by atoms with Crippen LogP contribution in [0.5, 0.6) is 0 Å². The summed E-state index contributed by atoms with van der Waals surface area (Å²) in [6, 6.07) is 15.1. The third-order valence-corrected chi connectivity index (χ3v) is 6.44. The van der Waals surface area contributed by atoms with Crippen molar-refractivity contribution >= 4 is 40.5 Å². The Balaban J connectivity index is 1.44. The molecule has 0 saturated carbocycles. The molecule has 2 aliphatic rings. The Morgan fingerprint density at radius 3 is 2.64 bits per heavy atom. The van der Waals surface area contributed by atoms with Crippen molar-refractivity contribution in [3.63, 3.8) is 0 Å². The smallest absolute Gasteiger partial charge is 0.283 e. The van der Waals surface area contributed by atoms with Gasteiger partial charge < -0.3 is 5.32 Å². The maximum absolute atomic E-state index is 13.4. The number of hydrogen-bond acceptors (Lipinski definition) is 4. The Morgan fingerprint density at radius 2 is 1.91 bits per heavy atom. The van der Waals surface area contributed by atoms with E-state index in [9.17, 15) is 14.0 Å². The van der Waals surface area contributed by atoms with Crippen LogP contribution in [0.15, 0.2) is 76.9 Å². The summed E-state index contributed by atoms with van der Waals surface area (Å²) in [4.78, 5) is 31.5. The van der Waals surface area contributed by atoms with E-state index in [-0.39, 0.29) is 29.1 Å². The van der Waals surface area contributed by atoms with Gasteiger partial charge in [0.05, 0.1) is 11.4 Å². The predicted molar refractivity (Wildman–Crippen MR) is 132 cm³/mol. The molecule has 1 aliphatic carbocycles. The van der Waals surface area contributed by atoms with Crippen LogP contribution >= 0.6 is 11.8 Å². The lowest BCUT2D eigenvalue weighted by Crippen LogP contribution is -2.32. The van der Waals surface area contributed by atoms with Crippen molar-refractivity contribution in [2.75, 3.05) is 17.2 Å². The van der Waals surface area contributed by atoms with Crippen molar-refractivity contribution in [1.29, 1.82) is 0 Å². The molecule has 33 heavy (non-hydrogen) atoms. The highest BCUT2D eigenvalue weighted by molar-refractivity contribution is 8.14. The molecule has 4 rings (SSSR count). The number of anilines is 1. The van der Waals surface area contributed by atoms with Crippen molar-refractivity contribution in [3.8, 4) is 0 Å². The minimum absolute atomic E-state index is 0.105. The number of nitrogens with zero attached hydrogens (tertiary/aromatic N) is 2. The molecule has 0 saturated heterocycles. The highest BCUT2D eigenvalue weighted by Crippen LogP contribution is 2.29.